The fourth-order valence-corrected chi connectivity index (χ4v) is 3.85. The van der Waals surface area contributed by atoms with Gasteiger partial charge in [-0.15, -0.1) is 0 Å². The van der Waals surface area contributed by atoms with Gasteiger partial charge in [0.15, 0.2) is 6.61 Å². The largest absolute Gasteiger partial charge is 0.483 e. The Labute approximate surface area is 207 Å². The van der Waals surface area contributed by atoms with Crippen molar-refractivity contribution < 1.29 is 14.3 Å². The molecule has 0 saturated heterocycles. The van der Waals surface area contributed by atoms with Gasteiger partial charge in [0, 0.05) is 23.1 Å². The van der Waals surface area contributed by atoms with Crippen molar-refractivity contribution in [2.45, 2.75) is 65.5 Å². The van der Waals surface area contributed by atoms with Crippen molar-refractivity contribution >= 4 is 35.0 Å². The molecule has 0 aliphatic rings. The SMILES string of the molecule is CCCCNC(=O)[C@@H](C)N(Cc1ccc(Cl)cc1Cl)C(=O)COc1ccccc1C(C)(C)C. The fraction of sp³-hybridized carbons (Fsp3) is 0.462. The van der Waals surface area contributed by atoms with Crippen LogP contribution in [0.25, 0.3) is 0 Å². The molecule has 0 saturated carbocycles. The van der Waals surface area contributed by atoms with E-state index in [2.05, 4.69) is 33.0 Å². The molecule has 5 nitrogen and oxygen atoms in total. The molecular weight excluding hydrogens is 459 g/mol. The molecule has 1 atom stereocenters. The predicted molar refractivity (Wildman–Crippen MR) is 135 cm³/mol. The monoisotopic (exact) mass is 492 g/mol. The normalized spacial score (nSPS) is 12.2. The number of carbonyl (C=O) groups excluding carboxylic acids is 2. The smallest absolute Gasteiger partial charge is 0.261 e. The minimum absolute atomic E-state index is 0.136. The average molecular weight is 493 g/mol. The van der Waals surface area contributed by atoms with Gasteiger partial charge in [-0.25, -0.2) is 0 Å². The fourth-order valence-electron chi connectivity index (χ4n) is 3.39. The first kappa shape index (κ1) is 27.0. The Balaban J connectivity index is 2.23. The highest BCUT2D eigenvalue weighted by atomic mass is 35.5. The molecule has 2 amide bonds. The van der Waals surface area contributed by atoms with E-state index in [1.54, 1.807) is 25.1 Å². The molecule has 0 fully saturated rings. The molecule has 0 aromatic heterocycles. The highest BCUT2D eigenvalue weighted by molar-refractivity contribution is 6.35. The van der Waals surface area contributed by atoms with Crippen LogP contribution in [0.5, 0.6) is 5.75 Å². The lowest BCUT2D eigenvalue weighted by Gasteiger charge is -2.29. The Hall–Kier alpha value is -2.24. The standard InChI is InChI=1S/C26H34Cl2N2O3/c1-6-7-14-29-25(32)18(2)30(16-19-12-13-20(27)15-22(19)28)24(31)17-33-23-11-9-8-10-21(23)26(3,4)5/h8-13,15,18H,6-7,14,16-17H2,1-5H3,(H,29,32)/t18-/m1/s1. The summed E-state index contributed by atoms with van der Waals surface area (Å²) in [5.74, 6) is 0.141. The number of carbonyl (C=O) groups is 2. The van der Waals surface area contributed by atoms with Gasteiger partial charge in [-0.3, -0.25) is 9.59 Å². The molecule has 0 aliphatic carbocycles. The number of unbranched alkanes of at least 4 members (excludes halogenated alkanes) is 1. The number of nitrogens with zero attached hydrogens (tertiary/aromatic N) is 1. The summed E-state index contributed by atoms with van der Waals surface area (Å²) in [6.45, 7) is 10.6. The van der Waals surface area contributed by atoms with Crippen molar-refractivity contribution in [1.29, 1.82) is 0 Å². The number of nitrogens with one attached hydrogen (secondary N) is 1. The number of rotatable bonds is 10. The Kier molecular flexibility index (Phi) is 10.1. The number of halogens is 2. The average Bonchev–Trinajstić information content (AvgIpc) is 2.76. The molecule has 0 radical (unpaired) electrons. The maximum atomic E-state index is 13.3. The zero-order chi connectivity index (χ0) is 24.6. The van der Waals surface area contributed by atoms with Gasteiger partial charge < -0.3 is 15.0 Å². The van der Waals surface area contributed by atoms with Gasteiger partial charge in [0.05, 0.1) is 0 Å². The van der Waals surface area contributed by atoms with Crippen LogP contribution in [0.15, 0.2) is 42.5 Å². The number of para-hydroxylation sites is 1. The van der Waals surface area contributed by atoms with Crippen LogP contribution in [-0.4, -0.2) is 35.9 Å². The van der Waals surface area contributed by atoms with Crippen LogP contribution >= 0.6 is 23.2 Å². The van der Waals surface area contributed by atoms with Gasteiger partial charge >= 0.3 is 0 Å². The topological polar surface area (TPSA) is 58.6 Å². The van der Waals surface area contributed by atoms with E-state index < -0.39 is 6.04 Å². The third-order valence-corrected chi connectivity index (χ3v) is 5.99. The lowest BCUT2D eigenvalue weighted by molar-refractivity contribution is -0.142. The maximum Gasteiger partial charge on any atom is 0.261 e. The first-order valence-electron chi connectivity index (χ1n) is 11.3. The van der Waals surface area contributed by atoms with Gasteiger partial charge in [-0.2, -0.15) is 0 Å². The maximum absolute atomic E-state index is 13.3. The first-order valence-corrected chi connectivity index (χ1v) is 12.0. The van der Waals surface area contributed by atoms with Gasteiger partial charge in [0.2, 0.25) is 5.91 Å². The molecule has 180 valence electrons. The van der Waals surface area contributed by atoms with Crippen LogP contribution in [-0.2, 0) is 21.5 Å². The summed E-state index contributed by atoms with van der Waals surface area (Å²) in [5, 5.41) is 3.85. The van der Waals surface area contributed by atoms with Crippen LogP contribution in [0, 0.1) is 0 Å². The Morgan fingerprint density at radius 1 is 1.12 bits per heavy atom. The molecule has 0 unspecified atom stereocenters. The summed E-state index contributed by atoms with van der Waals surface area (Å²) >= 11 is 12.4. The summed E-state index contributed by atoms with van der Waals surface area (Å²) < 4.78 is 5.94. The van der Waals surface area contributed by atoms with Crippen molar-refractivity contribution in [3.05, 3.63) is 63.6 Å². The second-order valence-electron chi connectivity index (χ2n) is 9.11. The van der Waals surface area contributed by atoms with Gasteiger partial charge in [-0.05, 0) is 48.1 Å². The van der Waals surface area contributed by atoms with Crippen LogP contribution in [0.3, 0.4) is 0 Å². The molecule has 0 bridgehead atoms. The summed E-state index contributed by atoms with van der Waals surface area (Å²) in [6.07, 6.45) is 1.85. The van der Waals surface area contributed by atoms with Crippen LogP contribution < -0.4 is 10.1 Å². The molecular formula is C26H34Cl2N2O3. The highest BCUT2D eigenvalue weighted by Gasteiger charge is 2.27. The first-order chi connectivity index (χ1) is 15.5. The molecule has 33 heavy (non-hydrogen) atoms. The summed E-state index contributed by atoms with van der Waals surface area (Å²) in [4.78, 5) is 27.5. The van der Waals surface area contributed by atoms with Crippen LogP contribution in [0.2, 0.25) is 10.0 Å². The second-order valence-corrected chi connectivity index (χ2v) is 9.96. The molecule has 0 aliphatic heterocycles. The summed E-state index contributed by atoms with van der Waals surface area (Å²) in [7, 11) is 0. The Morgan fingerprint density at radius 3 is 2.45 bits per heavy atom. The number of benzene rings is 2. The van der Waals surface area contributed by atoms with Crippen molar-refractivity contribution in [3.63, 3.8) is 0 Å². The number of hydrogen-bond acceptors (Lipinski definition) is 3. The van der Waals surface area contributed by atoms with Crippen LogP contribution in [0.1, 0.15) is 58.6 Å². The van der Waals surface area contributed by atoms with Crippen molar-refractivity contribution in [3.8, 4) is 5.75 Å². The van der Waals surface area contributed by atoms with Gasteiger partial charge in [0.25, 0.3) is 5.91 Å². The number of ether oxygens (including phenoxy) is 1. The Bertz CT molecular complexity index is 957. The summed E-state index contributed by atoms with van der Waals surface area (Å²) in [5.41, 5.74) is 1.58. The summed E-state index contributed by atoms with van der Waals surface area (Å²) in [6, 6.07) is 12.1. The van der Waals surface area contributed by atoms with Crippen LogP contribution in [0.4, 0.5) is 0 Å². The van der Waals surface area contributed by atoms with E-state index >= 15 is 0 Å². The minimum atomic E-state index is -0.692. The van der Waals surface area contributed by atoms with Crippen molar-refractivity contribution in [1.82, 2.24) is 10.2 Å². The molecule has 0 heterocycles. The van der Waals surface area contributed by atoms with E-state index in [9.17, 15) is 9.59 Å². The predicted octanol–water partition coefficient (Wildman–Crippen LogP) is 6.00. The third-order valence-electron chi connectivity index (χ3n) is 5.40. The molecule has 0 spiro atoms. The molecule has 2 rings (SSSR count). The highest BCUT2D eigenvalue weighted by Crippen LogP contribution is 2.31. The Morgan fingerprint density at radius 2 is 1.82 bits per heavy atom. The third kappa shape index (κ3) is 7.94. The zero-order valence-corrected chi connectivity index (χ0v) is 21.6. The molecule has 1 N–H and O–H groups in total. The molecule has 2 aromatic carbocycles. The van der Waals surface area contributed by atoms with E-state index in [4.69, 9.17) is 27.9 Å². The van der Waals surface area contributed by atoms with Crippen molar-refractivity contribution in [2.75, 3.05) is 13.2 Å². The van der Waals surface area contributed by atoms with Crippen molar-refractivity contribution in [2.24, 2.45) is 0 Å². The minimum Gasteiger partial charge on any atom is -0.483 e. The lowest BCUT2D eigenvalue weighted by Crippen LogP contribution is -2.49. The number of amides is 2. The van der Waals surface area contributed by atoms with Gasteiger partial charge in [0.1, 0.15) is 11.8 Å². The van der Waals surface area contributed by atoms with Gasteiger partial charge in [-0.1, -0.05) is 81.6 Å². The van der Waals surface area contributed by atoms with E-state index in [0.29, 0.717) is 27.9 Å². The lowest BCUT2D eigenvalue weighted by atomic mass is 9.86. The number of hydrogen-bond donors (Lipinski definition) is 1. The zero-order valence-electron chi connectivity index (χ0n) is 20.1. The quantitative estimate of drug-likeness (QED) is 0.413. The molecule has 7 heteroatoms. The second kappa shape index (κ2) is 12.3. The van der Waals surface area contributed by atoms with E-state index in [0.717, 1.165) is 18.4 Å². The van der Waals surface area contributed by atoms with E-state index in [1.807, 2.05) is 24.3 Å². The van der Waals surface area contributed by atoms with E-state index in [1.165, 1.54) is 4.90 Å². The molecule has 2 aromatic rings. The van der Waals surface area contributed by atoms with E-state index in [-0.39, 0.29) is 30.4 Å².